The Kier molecular flexibility index (Phi) is 8.96. The van der Waals surface area contributed by atoms with Crippen LogP contribution in [0.15, 0.2) is 48.5 Å². The lowest BCUT2D eigenvalue weighted by atomic mass is 10.2. The van der Waals surface area contributed by atoms with Crippen LogP contribution in [-0.2, 0) is 25.2 Å². The maximum atomic E-state index is 13.0. The van der Waals surface area contributed by atoms with Gasteiger partial charge in [-0.2, -0.15) is 0 Å². The van der Waals surface area contributed by atoms with Gasteiger partial charge in [0.15, 0.2) is 0 Å². The van der Waals surface area contributed by atoms with Crippen molar-refractivity contribution in [3.8, 4) is 0 Å². The average Bonchev–Trinajstić information content (AvgIpc) is 3.27. The zero-order chi connectivity index (χ0) is 23.8. The predicted octanol–water partition coefficient (Wildman–Crippen LogP) is 3.26. The second-order valence-electron chi connectivity index (χ2n) is 7.79. The zero-order valence-corrected chi connectivity index (χ0v) is 19.5. The molecule has 2 N–H and O–H groups in total. The van der Waals surface area contributed by atoms with Crippen molar-refractivity contribution in [3.63, 3.8) is 0 Å². The maximum Gasteiger partial charge on any atom is 0.240 e. The number of nitrogens with zero attached hydrogens (tertiary/aromatic N) is 1. The number of carbonyl (C=O) groups excluding carboxylic acids is 3. The van der Waals surface area contributed by atoms with E-state index >= 15 is 0 Å². The lowest BCUT2D eigenvalue weighted by Gasteiger charge is -2.23. The molecule has 3 rings (SSSR count). The van der Waals surface area contributed by atoms with E-state index in [9.17, 15) is 23.0 Å². The number of rotatable bonds is 9. The summed E-state index contributed by atoms with van der Waals surface area (Å²) in [5, 5.41) is 5.92. The molecule has 33 heavy (non-hydrogen) atoms. The first-order valence-corrected chi connectivity index (χ1v) is 12.4. The summed E-state index contributed by atoms with van der Waals surface area (Å²) in [5.41, 5.74) is 0.801. The second kappa shape index (κ2) is 11.9. The van der Waals surface area contributed by atoms with Crippen molar-refractivity contribution >= 4 is 51.5 Å². The number of nitrogens with one attached hydrogen (secondary N) is 2. The van der Waals surface area contributed by atoms with Crippen LogP contribution in [0.3, 0.4) is 0 Å². The van der Waals surface area contributed by atoms with Gasteiger partial charge in [0, 0.05) is 33.2 Å². The van der Waals surface area contributed by atoms with Crippen LogP contribution in [0.25, 0.3) is 0 Å². The number of anilines is 2. The largest absolute Gasteiger partial charge is 0.352 e. The first-order chi connectivity index (χ1) is 15.8. The second-order valence-corrected chi connectivity index (χ2v) is 9.68. The van der Waals surface area contributed by atoms with Crippen molar-refractivity contribution < 1.29 is 23.0 Å². The summed E-state index contributed by atoms with van der Waals surface area (Å²) in [5.74, 6) is -2.70. The predicted molar refractivity (Wildman–Crippen MR) is 127 cm³/mol. The topological polar surface area (TPSA) is 95.6 Å². The molecule has 1 atom stereocenters. The number of benzene rings is 2. The van der Waals surface area contributed by atoms with Crippen LogP contribution in [0.5, 0.6) is 0 Å². The summed E-state index contributed by atoms with van der Waals surface area (Å²) in [4.78, 5) is 38.9. The molecule has 176 valence electrons. The van der Waals surface area contributed by atoms with Crippen LogP contribution in [0.2, 0.25) is 5.02 Å². The highest BCUT2D eigenvalue weighted by Gasteiger charge is 2.24. The number of hydrogen-bond donors (Lipinski definition) is 2. The van der Waals surface area contributed by atoms with Crippen LogP contribution in [0.1, 0.15) is 25.7 Å². The highest BCUT2D eigenvalue weighted by molar-refractivity contribution is 7.86. The molecule has 0 unspecified atom stereocenters. The Hall–Kier alpha value is -2.78. The van der Waals surface area contributed by atoms with Gasteiger partial charge >= 0.3 is 0 Å². The van der Waals surface area contributed by atoms with Gasteiger partial charge in [0.1, 0.15) is 23.9 Å². The molecule has 1 aliphatic carbocycles. The molecule has 0 bridgehead atoms. The molecule has 7 nitrogen and oxygen atoms in total. The van der Waals surface area contributed by atoms with E-state index in [0.29, 0.717) is 16.4 Å². The number of amides is 3. The van der Waals surface area contributed by atoms with E-state index < -0.39 is 39.9 Å². The highest BCUT2D eigenvalue weighted by Crippen LogP contribution is 2.20. The van der Waals surface area contributed by atoms with Crippen molar-refractivity contribution in [2.75, 3.05) is 28.3 Å². The van der Waals surface area contributed by atoms with E-state index in [1.807, 2.05) is 0 Å². The van der Waals surface area contributed by atoms with Gasteiger partial charge in [0.05, 0.1) is 0 Å². The third kappa shape index (κ3) is 7.94. The minimum absolute atomic E-state index is 0.101. The van der Waals surface area contributed by atoms with Gasteiger partial charge in [-0.1, -0.05) is 24.4 Å². The maximum absolute atomic E-state index is 13.0. The SMILES string of the molecule is O=C(C[S@@](=O)CC(=O)N(CC(=O)NC1CCCC1)c1ccc(Cl)cc1)Nc1ccc(F)cc1. The molecule has 0 aromatic heterocycles. The van der Waals surface area contributed by atoms with Crippen molar-refractivity contribution in [3.05, 3.63) is 59.4 Å². The van der Waals surface area contributed by atoms with Crippen LogP contribution < -0.4 is 15.5 Å². The lowest BCUT2D eigenvalue weighted by Crippen LogP contribution is -2.45. The molecular weight excluding hydrogens is 469 g/mol. The third-order valence-corrected chi connectivity index (χ3v) is 6.57. The van der Waals surface area contributed by atoms with Gasteiger partial charge in [0.25, 0.3) is 0 Å². The van der Waals surface area contributed by atoms with Gasteiger partial charge in [-0.15, -0.1) is 0 Å². The van der Waals surface area contributed by atoms with Crippen LogP contribution in [0.4, 0.5) is 15.8 Å². The van der Waals surface area contributed by atoms with E-state index in [1.165, 1.54) is 29.2 Å². The Morgan fingerprint density at radius 3 is 2.24 bits per heavy atom. The summed E-state index contributed by atoms with van der Waals surface area (Å²) in [6.45, 7) is -0.226. The molecule has 0 aliphatic heterocycles. The van der Waals surface area contributed by atoms with E-state index in [4.69, 9.17) is 11.6 Å². The normalized spacial score (nSPS) is 14.5. The molecule has 2 aromatic rings. The van der Waals surface area contributed by atoms with E-state index in [1.54, 1.807) is 24.3 Å². The number of carbonyl (C=O) groups is 3. The summed E-state index contributed by atoms with van der Waals surface area (Å²) < 4.78 is 25.5. The fraction of sp³-hybridized carbons (Fsp3) is 0.348. The Bertz CT molecular complexity index is 1010. The van der Waals surface area contributed by atoms with Crippen LogP contribution in [-0.4, -0.2) is 46.0 Å². The van der Waals surface area contributed by atoms with Crippen molar-refractivity contribution in [1.82, 2.24) is 5.32 Å². The summed E-state index contributed by atoms with van der Waals surface area (Å²) in [6.07, 6.45) is 3.94. The van der Waals surface area contributed by atoms with Crippen molar-refractivity contribution in [2.45, 2.75) is 31.7 Å². The summed E-state index contributed by atoms with van der Waals surface area (Å²) >= 11 is 5.94. The van der Waals surface area contributed by atoms with E-state index in [0.717, 1.165) is 25.7 Å². The molecule has 2 aromatic carbocycles. The Labute approximate surface area is 199 Å². The van der Waals surface area contributed by atoms with Gasteiger partial charge < -0.3 is 15.5 Å². The molecule has 10 heteroatoms. The number of halogens is 2. The first-order valence-electron chi connectivity index (χ1n) is 10.6. The standard InChI is InChI=1S/C23H25ClFN3O4S/c24-16-5-11-20(12-6-16)28(13-21(29)26-18-3-1-2-4-18)23(31)15-33(32)14-22(30)27-19-9-7-17(25)8-10-19/h5-12,18H,1-4,13-15H2,(H,26,29)(H,27,30)/t33-/m1/s1. The van der Waals surface area contributed by atoms with Crippen molar-refractivity contribution in [2.24, 2.45) is 0 Å². The number of hydrogen-bond acceptors (Lipinski definition) is 4. The van der Waals surface area contributed by atoms with E-state index in [-0.39, 0.29) is 18.5 Å². The molecule has 0 spiro atoms. The minimum atomic E-state index is -1.81. The average molecular weight is 494 g/mol. The Balaban J connectivity index is 1.61. The van der Waals surface area contributed by atoms with Gasteiger partial charge in [-0.25, -0.2) is 4.39 Å². The molecule has 1 saturated carbocycles. The molecule has 0 saturated heterocycles. The quantitative estimate of drug-likeness (QED) is 0.560. The third-order valence-electron chi connectivity index (χ3n) is 5.17. The Morgan fingerprint density at radius 1 is 0.970 bits per heavy atom. The first kappa shape index (κ1) is 24.9. The molecule has 0 heterocycles. The molecule has 0 radical (unpaired) electrons. The fourth-order valence-corrected chi connectivity index (χ4v) is 4.60. The highest BCUT2D eigenvalue weighted by atomic mass is 35.5. The smallest absolute Gasteiger partial charge is 0.240 e. The van der Waals surface area contributed by atoms with Crippen LogP contribution in [0, 0.1) is 5.82 Å². The monoisotopic (exact) mass is 493 g/mol. The van der Waals surface area contributed by atoms with Gasteiger partial charge in [-0.3, -0.25) is 18.6 Å². The molecule has 1 aliphatic rings. The fourth-order valence-electron chi connectivity index (χ4n) is 3.57. The summed E-state index contributed by atoms with van der Waals surface area (Å²) in [6, 6.07) is 11.6. The van der Waals surface area contributed by atoms with Crippen molar-refractivity contribution in [1.29, 1.82) is 0 Å². The van der Waals surface area contributed by atoms with E-state index in [2.05, 4.69) is 10.6 Å². The van der Waals surface area contributed by atoms with Gasteiger partial charge in [0.2, 0.25) is 17.7 Å². The van der Waals surface area contributed by atoms with Crippen LogP contribution >= 0.6 is 11.6 Å². The molecule has 1 fully saturated rings. The molecular formula is C23H25ClFN3O4S. The lowest BCUT2D eigenvalue weighted by molar-refractivity contribution is -0.123. The van der Waals surface area contributed by atoms with Gasteiger partial charge in [-0.05, 0) is 61.4 Å². The molecule has 3 amide bonds. The minimum Gasteiger partial charge on any atom is -0.352 e. The zero-order valence-electron chi connectivity index (χ0n) is 17.9. The Morgan fingerprint density at radius 2 is 1.61 bits per heavy atom. The summed E-state index contributed by atoms with van der Waals surface area (Å²) in [7, 11) is -1.81.